The molecule has 0 heterocycles. The molecule has 0 aliphatic heterocycles. The molecule has 0 radical (unpaired) electrons. The Morgan fingerprint density at radius 3 is 2.83 bits per heavy atom. The Morgan fingerprint density at radius 2 is 2.06 bits per heavy atom. The zero-order valence-corrected chi connectivity index (χ0v) is 12.0. The van der Waals surface area contributed by atoms with Gasteiger partial charge >= 0.3 is 0 Å². The molecule has 1 N–H and O–H groups in total. The standard InChI is InChI=1S/C15H29NO2/c1-13-5-3-6-14(9-8-13)10-12-18-11-4-7-15(17)16-2/h13-14H,3-12H2,1-2H3,(H,16,17). The summed E-state index contributed by atoms with van der Waals surface area (Å²) in [6.07, 6.45) is 9.56. The highest BCUT2D eigenvalue weighted by Gasteiger charge is 2.15. The van der Waals surface area contributed by atoms with Crippen LogP contribution in [0.4, 0.5) is 0 Å². The molecule has 1 amide bonds. The molecule has 0 bridgehead atoms. The van der Waals surface area contributed by atoms with Crippen molar-refractivity contribution >= 4 is 5.91 Å². The second-order valence-electron chi connectivity index (χ2n) is 5.66. The molecule has 2 unspecified atom stereocenters. The third-order valence-corrected chi connectivity index (χ3v) is 4.02. The van der Waals surface area contributed by atoms with Crippen molar-refractivity contribution in [3.63, 3.8) is 0 Å². The number of carbonyl (C=O) groups is 1. The summed E-state index contributed by atoms with van der Waals surface area (Å²) < 4.78 is 5.62. The van der Waals surface area contributed by atoms with Crippen LogP contribution < -0.4 is 5.32 Å². The molecule has 1 saturated carbocycles. The van der Waals surface area contributed by atoms with Crippen LogP contribution in [-0.2, 0) is 9.53 Å². The first-order chi connectivity index (χ1) is 8.72. The predicted molar refractivity (Wildman–Crippen MR) is 74.5 cm³/mol. The Bertz CT molecular complexity index is 231. The predicted octanol–water partition coefficient (Wildman–Crippen LogP) is 3.14. The minimum atomic E-state index is 0.108. The Morgan fingerprint density at radius 1 is 1.22 bits per heavy atom. The first-order valence-corrected chi connectivity index (χ1v) is 7.50. The summed E-state index contributed by atoms with van der Waals surface area (Å²) in [4.78, 5) is 11.0. The molecule has 1 aliphatic carbocycles. The second-order valence-corrected chi connectivity index (χ2v) is 5.66. The van der Waals surface area contributed by atoms with Crippen LogP contribution in [0.5, 0.6) is 0 Å². The lowest BCUT2D eigenvalue weighted by atomic mass is 9.96. The molecule has 3 heteroatoms. The van der Waals surface area contributed by atoms with Crippen molar-refractivity contribution in [1.29, 1.82) is 0 Å². The van der Waals surface area contributed by atoms with Gasteiger partial charge < -0.3 is 10.1 Å². The number of nitrogens with one attached hydrogen (secondary N) is 1. The molecule has 1 rings (SSSR count). The Balaban J connectivity index is 1.95. The maximum absolute atomic E-state index is 11.0. The number of hydrogen-bond acceptors (Lipinski definition) is 2. The van der Waals surface area contributed by atoms with Gasteiger partial charge in [0.1, 0.15) is 0 Å². The Hall–Kier alpha value is -0.570. The van der Waals surface area contributed by atoms with E-state index in [-0.39, 0.29) is 5.91 Å². The Kier molecular flexibility index (Phi) is 8.06. The molecule has 0 aromatic rings. The number of rotatable bonds is 7. The second kappa shape index (κ2) is 9.37. The first-order valence-electron chi connectivity index (χ1n) is 7.50. The van der Waals surface area contributed by atoms with Crippen molar-refractivity contribution in [3.8, 4) is 0 Å². The quantitative estimate of drug-likeness (QED) is 0.560. The van der Waals surface area contributed by atoms with Gasteiger partial charge in [-0.25, -0.2) is 0 Å². The molecule has 18 heavy (non-hydrogen) atoms. The zero-order chi connectivity index (χ0) is 13.2. The van der Waals surface area contributed by atoms with Crippen LogP contribution in [0.1, 0.15) is 58.3 Å². The number of amides is 1. The third kappa shape index (κ3) is 7.00. The molecular formula is C15H29NO2. The number of hydrogen-bond donors (Lipinski definition) is 1. The van der Waals surface area contributed by atoms with Gasteiger partial charge in [0.2, 0.25) is 5.91 Å². The van der Waals surface area contributed by atoms with E-state index in [1.165, 1.54) is 38.5 Å². The van der Waals surface area contributed by atoms with Crippen molar-refractivity contribution in [1.82, 2.24) is 5.32 Å². The van der Waals surface area contributed by atoms with Gasteiger partial charge in [0.25, 0.3) is 0 Å². The summed E-state index contributed by atoms with van der Waals surface area (Å²) in [6, 6.07) is 0. The lowest BCUT2D eigenvalue weighted by molar-refractivity contribution is -0.120. The molecule has 3 nitrogen and oxygen atoms in total. The highest BCUT2D eigenvalue weighted by Crippen LogP contribution is 2.28. The fourth-order valence-corrected chi connectivity index (χ4v) is 2.66. The van der Waals surface area contributed by atoms with Gasteiger partial charge in [-0.15, -0.1) is 0 Å². The molecule has 106 valence electrons. The van der Waals surface area contributed by atoms with Gasteiger partial charge in [-0.3, -0.25) is 4.79 Å². The molecule has 1 aliphatic rings. The monoisotopic (exact) mass is 255 g/mol. The molecule has 0 aromatic carbocycles. The summed E-state index contributed by atoms with van der Waals surface area (Å²) in [7, 11) is 1.68. The van der Waals surface area contributed by atoms with Crippen LogP contribution in [0, 0.1) is 11.8 Å². The smallest absolute Gasteiger partial charge is 0.219 e. The SMILES string of the molecule is CNC(=O)CCCOCCC1CCCC(C)CC1. The van der Waals surface area contributed by atoms with Gasteiger partial charge in [0.15, 0.2) is 0 Å². The maximum atomic E-state index is 11.0. The minimum Gasteiger partial charge on any atom is -0.381 e. The average molecular weight is 255 g/mol. The number of carbonyl (C=O) groups excluding carboxylic acids is 1. The van der Waals surface area contributed by atoms with Crippen molar-refractivity contribution < 1.29 is 9.53 Å². The summed E-state index contributed by atoms with van der Waals surface area (Å²) in [6.45, 7) is 3.96. The average Bonchev–Trinajstić information content (AvgIpc) is 2.58. The van der Waals surface area contributed by atoms with Crippen LogP contribution in [-0.4, -0.2) is 26.2 Å². The first kappa shape index (κ1) is 15.5. The normalized spacial score (nSPS) is 24.6. The molecule has 0 spiro atoms. The van der Waals surface area contributed by atoms with Crippen LogP contribution >= 0.6 is 0 Å². The highest BCUT2D eigenvalue weighted by molar-refractivity contribution is 5.75. The number of ether oxygens (including phenoxy) is 1. The van der Waals surface area contributed by atoms with Gasteiger partial charge in [-0.2, -0.15) is 0 Å². The molecular weight excluding hydrogens is 226 g/mol. The lowest BCUT2D eigenvalue weighted by Crippen LogP contribution is -2.17. The van der Waals surface area contributed by atoms with E-state index in [1.807, 2.05) is 0 Å². The molecule has 0 saturated heterocycles. The van der Waals surface area contributed by atoms with E-state index < -0.39 is 0 Å². The van der Waals surface area contributed by atoms with E-state index in [2.05, 4.69) is 12.2 Å². The van der Waals surface area contributed by atoms with E-state index in [4.69, 9.17) is 4.74 Å². The molecule has 1 fully saturated rings. The van der Waals surface area contributed by atoms with Crippen LogP contribution in [0.15, 0.2) is 0 Å². The van der Waals surface area contributed by atoms with Crippen LogP contribution in [0.2, 0.25) is 0 Å². The van der Waals surface area contributed by atoms with E-state index in [0.717, 1.165) is 31.5 Å². The van der Waals surface area contributed by atoms with Crippen molar-refractivity contribution in [2.45, 2.75) is 58.3 Å². The third-order valence-electron chi connectivity index (χ3n) is 4.02. The topological polar surface area (TPSA) is 38.3 Å². The minimum absolute atomic E-state index is 0.108. The fraction of sp³-hybridized carbons (Fsp3) is 0.933. The van der Waals surface area contributed by atoms with Gasteiger partial charge in [-0.1, -0.05) is 39.0 Å². The highest BCUT2D eigenvalue weighted by atomic mass is 16.5. The van der Waals surface area contributed by atoms with E-state index in [1.54, 1.807) is 7.05 Å². The fourth-order valence-electron chi connectivity index (χ4n) is 2.66. The summed E-state index contributed by atoms with van der Waals surface area (Å²) in [5.74, 6) is 1.90. The van der Waals surface area contributed by atoms with Crippen LogP contribution in [0.3, 0.4) is 0 Å². The van der Waals surface area contributed by atoms with E-state index >= 15 is 0 Å². The zero-order valence-electron chi connectivity index (χ0n) is 12.0. The summed E-state index contributed by atoms with van der Waals surface area (Å²) >= 11 is 0. The maximum Gasteiger partial charge on any atom is 0.219 e. The summed E-state index contributed by atoms with van der Waals surface area (Å²) in [5.41, 5.74) is 0. The van der Waals surface area contributed by atoms with Gasteiger partial charge in [0, 0.05) is 26.7 Å². The lowest BCUT2D eigenvalue weighted by Gasteiger charge is -2.14. The van der Waals surface area contributed by atoms with Crippen LogP contribution in [0.25, 0.3) is 0 Å². The van der Waals surface area contributed by atoms with Crippen molar-refractivity contribution in [3.05, 3.63) is 0 Å². The molecule has 2 atom stereocenters. The molecule has 0 aromatic heterocycles. The van der Waals surface area contributed by atoms with Gasteiger partial charge in [-0.05, 0) is 24.7 Å². The van der Waals surface area contributed by atoms with E-state index in [9.17, 15) is 4.79 Å². The van der Waals surface area contributed by atoms with Gasteiger partial charge in [0.05, 0.1) is 0 Å². The largest absolute Gasteiger partial charge is 0.381 e. The van der Waals surface area contributed by atoms with Crippen molar-refractivity contribution in [2.75, 3.05) is 20.3 Å². The van der Waals surface area contributed by atoms with Crippen molar-refractivity contribution in [2.24, 2.45) is 11.8 Å². The Labute approximate surface area is 112 Å². The van der Waals surface area contributed by atoms with E-state index in [0.29, 0.717) is 6.42 Å². The summed E-state index contributed by atoms with van der Waals surface area (Å²) in [5, 5.41) is 2.62.